The topological polar surface area (TPSA) is 118 Å². The van der Waals surface area contributed by atoms with Crippen molar-refractivity contribution < 1.29 is 42.2 Å². The number of carbonyl (C=O) groups excluding carboxylic acids is 4. The van der Waals surface area contributed by atoms with Crippen molar-refractivity contribution >= 4 is 24.0 Å². The highest BCUT2D eigenvalue weighted by Gasteiger charge is 2.50. The summed E-state index contributed by atoms with van der Waals surface area (Å²) < 4.78 is 44.4. The predicted octanol–water partition coefficient (Wildman–Crippen LogP) is 5.49. The normalized spacial score (nSPS) is 18.6. The lowest BCUT2D eigenvalue weighted by Gasteiger charge is -2.37. The minimum Gasteiger partial charge on any atom is -0.493 e. The van der Waals surface area contributed by atoms with Crippen LogP contribution in [0.4, 0.5) is 18.4 Å². The number of nitrogens with one attached hydrogen (secondary N) is 1. The zero-order valence-electron chi connectivity index (χ0n) is 29.3. The Hall–Kier alpha value is -4.68. The highest BCUT2D eigenvalue weighted by atomic mass is 19.2. The van der Waals surface area contributed by atoms with Crippen LogP contribution in [0.25, 0.3) is 0 Å². The van der Waals surface area contributed by atoms with Gasteiger partial charge >= 0.3 is 12.2 Å². The molecular formula is C36H46F2N4O7. The van der Waals surface area contributed by atoms with Gasteiger partial charge in [-0.05, 0) is 56.9 Å². The molecule has 0 saturated carbocycles. The number of likely N-dealkylation sites (N-methyl/N-ethyl adjacent to an activating group) is 1. The van der Waals surface area contributed by atoms with Crippen LogP contribution < -0.4 is 10.1 Å². The van der Waals surface area contributed by atoms with E-state index in [0.29, 0.717) is 5.70 Å². The van der Waals surface area contributed by atoms with Crippen LogP contribution in [-0.4, -0.2) is 89.2 Å². The number of halogens is 2. The van der Waals surface area contributed by atoms with Crippen LogP contribution >= 0.6 is 0 Å². The summed E-state index contributed by atoms with van der Waals surface area (Å²) in [7, 11) is 1.45. The van der Waals surface area contributed by atoms with E-state index < -0.39 is 70.7 Å². The molecule has 0 spiro atoms. The SMILES string of the molecule is CC(C(=O)NC(C(=O)N1CC=C2C1C(COc1ccc(F)c(F)c1)CN2C(=O)OCc1ccccc1)C(C)(C)C)N(C)C(=O)OC(C)(C)C. The molecule has 2 aliphatic rings. The molecule has 2 aliphatic heterocycles. The molecule has 266 valence electrons. The molecule has 2 aromatic carbocycles. The number of amides is 4. The zero-order chi connectivity index (χ0) is 36.3. The van der Waals surface area contributed by atoms with Gasteiger partial charge in [-0.2, -0.15) is 0 Å². The third-order valence-electron chi connectivity index (χ3n) is 8.42. The molecule has 13 heteroatoms. The van der Waals surface area contributed by atoms with Crippen molar-refractivity contribution in [1.82, 2.24) is 20.0 Å². The lowest BCUT2D eigenvalue weighted by Crippen LogP contribution is -2.59. The number of hydrogen-bond donors (Lipinski definition) is 1. The summed E-state index contributed by atoms with van der Waals surface area (Å²) in [5.41, 5.74) is -0.177. The van der Waals surface area contributed by atoms with E-state index in [-0.39, 0.29) is 32.1 Å². The zero-order valence-corrected chi connectivity index (χ0v) is 29.3. The molecule has 1 saturated heterocycles. The number of ether oxygens (including phenoxy) is 3. The van der Waals surface area contributed by atoms with Crippen LogP contribution in [0.2, 0.25) is 0 Å². The van der Waals surface area contributed by atoms with Gasteiger partial charge in [0.2, 0.25) is 11.8 Å². The van der Waals surface area contributed by atoms with Crippen molar-refractivity contribution in [2.24, 2.45) is 11.3 Å². The highest BCUT2D eigenvalue weighted by Crippen LogP contribution is 2.38. The Bertz CT molecular complexity index is 1570. The molecule has 1 N–H and O–H groups in total. The van der Waals surface area contributed by atoms with Crippen LogP contribution in [0.3, 0.4) is 0 Å². The van der Waals surface area contributed by atoms with Crippen molar-refractivity contribution in [3.8, 4) is 5.75 Å². The monoisotopic (exact) mass is 684 g/mol. The van der Waals surface area contributed by atoms with Gasteiger partial charge in [0.25, 0.3) is 0 Å². The average molecular weight is 685 g/mol. The van der Waals surface area contributed by atoms with Crippen LogP contribution in [0, 0.1) is 23.0 Å². The number of fused-ring (bicyclic) bond motifs is 1. The number of likely N-dealkylation sites (tertiary alicyclic amines) is 1. The van der Waals surface area contributed by atoms with Gasteiger partial charge in [0.1, 0.15) is 30.0 Å². The molecule has 0 bridgehead atoms. The number of nitrogens with zero attached hydrogens (tertiary/aromatic N) is 3. The predicted molar refractivity (Wildman–Crippen MR) is 177 cm³/mol. The van der Waals surface area contributed by atoms with E-state index in [1.54, 1.807) is 38.7 Å². The summed E-state index contributed by atoms with van der Waals surface area (Å²) in [4.78, 5) is 58.1. The fourth-order valence-electron chi connectivity index (χ4n) is 5.65. The Labute approximate surface area is 286 Å². The standard InChI is InChI=1S/C36H46F2N4O7/c1-22(40(8)33(45)49-36(5,6)7)31(43)39-30(35(2,3)4)32(44)41-17-16-28-29(41)24(21-47-25-14-15-26(37)27(38)18-25)19-42(28)34(46)48-20-23-12-10-9-11-13-23/h9-16,18,22,24,29-30H,17,19-21H2,1-8H3,(H,39,43). The van der Waals surface area contributed by atoms with Gasteiger partial charge in [-0.15, -0.1) is 0 Å². The third-order valence-corrected chi connectivity index (χ3v) is 8.42. The van der Waals surface area contributed by atoms with Crippen molar-refractivity contribution in [2.75, 3.05) is 26.7 Å². The van der Waals surface area contributed by atoms with Gasteiger partial charge in [0.15, 0.2) is 11.6 Å². The van der Waals surface area contributed by atoms with Gasteiger partial charge in [-0.25, -0.2) is 18.4 Å². The van der Waals surface area contributed by atoms with Gasteiger partial charge < -0.3 is 24.4 Å². The second-order valence-electron chi connectivity index (χ2n) is 14.4. The Balaban J connectivity index is 1.55. The van der Waals surface area contributed by atoms with Gasteiger partial charge in [-0.3, -0.25) is 19.4 Å². The molecule has 0 aromatic heterocycles. The maximum absolute atomic E-state index is 14.4. The fraction of sp³-hybridized carbons (Fsp3) is 0.500. The summed E-state index contributed by atoms with van der Waals surface area (Å²) in [6.45, 7) is 12.4. The highest BCUT2D eigenvalue weighted by molar-refractivity contribution is 5.92. The van der Waals surface area contributed by atoms with Crippen LogP contribution in [-0.2, 0) is 25.7 Å². The quantitative estimate of drug-likeness (QED) is 0.371. The van der Waals surface area contributed by atoms with E-state index in [2.05, 4.69) is 5.32 Å². The first-order valence-electron chi connectivity index (χ1n) is 16.2. The molecule has 0 aliphatic carbocycles. The smallest absolute Gasteiger partial charge is 0.414 e. The minimum absolute atomic E-state index is 0.0381. The van der Waals surface area contributed by atoms with Crippen LogP contribution in [0.5, 0.6) is 5.75 Å². The molecule has 4 unspecified atom stereocenters. The first-order chi connectivity index (χ1) is 22.9. The second kappa shape index (κ2) is 14.8. The number of benzene rings is 2. The van der Waals surface area contributed by atoms with Gasteiger partial charge in [-0.1, -0.05) is 51.1 Å². The summed E-state index contributed by atoms with van der Waals surface area (Å²) in [5, 5.41) is 2.85. The summed E-state index contributed by atoms with van der Waals surface area (Å²) in [6.07, 6.45) is 0.477. The molecule has 0 radical (unpaired) electrons. The van der Waals surface area contributed by atoms with E-state index in [1.165, 1.54) is 22.9 Å². The van der Waals surface area contributed by atoms with E-state index in [1.807, 2.05) is 51.1 Å². The first-order valence-corrected chi connectivity index (χ1v) is 16.2. The largest absolute Gasteiger partial charge is 0.493 e. The summed E-state index contributed by atoms with van der Waals surface area (Å²) >= 11 is 0. The van der Waals surface area contributed by atoms with Crippen LogP contribution in [0.1, 0.15) is 54.0 Å². The number of carbonyl (C=O) groups is 4. The van der Waals surface area contributed by atoms with E-state index in [0.717, 1.165) is 17.7 Å². The van der Waals surface area contributed by atoms with E-state index >= 15 is 0 Å². The van der Waals surface area contributed by atoms with Crippen molar-refractivity contribution in [3.05, 3.63) is 77.5 Å². The lowest BCUT2D eigenvalue weighted by molar-refractivity contribution is -0.141. The fourth-order valence-corrected chi connectivity index (χ4v) is 5.65. The molecule has 4 rings (SSSR count). The lowest BCUT2D eigenvalue weighted by atomic mass is 9.85. The number of rotatable bonds is 9. The maximum atomic E-state index is 14.4. The Morgan fingerprint density at radius 3 is 2.29 bits per heavy atom. The Morgan fingerprint density at radius 1 is 1.00 bits per heavy atom. The van der Waals surface area contributed by atoms with E-state index in [4.69, 9.17) is 14.2 Å². The van der Waals surface area contributed by atoms with Crippen LogP contribution in [0.15, 0.2) is 60.3 Å². The van der Waals surface area contributed by atoms with Crippen molar-refractivity contribution in [1.29, 1.82) is 0 Å². The third kappa shape index (κ3) is 9.07. The molecule has 1 fully saturated rings. The Morgan fingerprint density at radius 2 is 1.67 bits per heavy atom. The second-order valence-corrected chi connectivity index (χ2v) is 14.4. The van der Waals surface area contributed by atoms with Crippen molar-refractivity contribution in [3.63, 3.8) is 0 Å². The molecule has 4 atom stereocenters. The minimum atomic E-state index is -1.07. The summed E-state index contributed by atoms with van der Waals surface area (Å²) in [5.74, 6) is -3.42. The molecule has 2 heterocycles. The van der Waals surface area contributed by atoms with Crippen molar-refractivity contribution in [2.45, 2.75) is 78.8 Å². The van der Waals surface area contributed by atoms with Gasteiger partial charge in [0.05, 0.1) is 12.6 Å². The molecule has 49 heavy (non-hydrogen) atoms. The summed E-state index contributed by atoms with van der Waals surface area (Å²) in [6, 6.07) is 9.77. The average Bonchev–Trinajstić information content (AvgIpc) is 3.62. The molecule has 2 aromatic rings. The molecular weight excluding hydrogens is 638 g/mol. The Kier molecular flexibility index (Phi) is 11.2. The maximum Gasteiger partial charge on any atom is 0.414 e. The molecule has 4 amide bonds. The number of hydrogen-bond acceptors (Lipinski definition) is 7. The van der Waals surface area contributed by atoms with Gasteiger partial charge in [0, 0.05) is 37.8 Å². The first kappa shape index (κ1) is 37.1. The van der Waals surface area contributed by atoms with E-state index in [9.17, 15) is 28.0 Å². The molecule has 11 nitrogen and oxygen atoms in total.